The number of aliphatic carboxylic acids is 1. The molecule has 17 heavy (non-hydrogen) atoms. The maximum absolute atomic E-state index is 11.1. The lowest BCUT2D eigenvalue weighted by atomic mass is 10.0. The Morgan fingerprint density at radius 2 is 2.35 bits per heavy atom. The molecule has 2 heterocycles. The Hall–Kier alpha value is -1.40. The number of rotatable bonds is 4. The summed E-state index contributed by atoms with van der Waals surface area (Å²) >= 11 is 1.57. The van der Waals surface area contributed by atoms with Crippen molar-refractivity contribution in [2.24, 2.45) is 0 Å². The third-order valence-corrected chi connectivity index (χ3v) is 3.79. The van der Waals surface area contributed by atoms with Gasteiger partial charge in [-0.1, -0.05) is 0 Å². The number of thiazole rings is 1. The molecule has 0 fully saturated rings. The van der Waals surface area contributed by atoms with E-state index < -0.39 is 11.5 Å². The molecule has 0 saturated carbocycles. The van der Waals surface area contributed by atoms with E-state index in [1.165, 1.54) is 0 Å². The zero-order chi connectivity index (χ0) is 12.6. The van der Waals surface area contributed by atoms with Gasteiger partial charge < -0.3 is 5.11 Å². The number of carboxylic acids is 1. The highest BCUT2D eigenvalue weighted by Crippen LogP contribution is 2.17. The van der Waals surface area contributed by atoms with Gasteiger partial charge in [0.2, 0.25) is 0 Å². The van der Waals surface area contributed by atoms with E-state index in [0.717, 1.165) is 10.7 Å². The minimum atomic E-state index is -0.892. The smallest absolute Gasteiger partial charge is 0.323 e. The lowest BCUT2D eigenvalue weighted by Gasteiger charge is -2.30. The van der Waals surface area contributed by atoms with Gasteiger partial charge in [0.05, 0.1) is 5.69 Å². The summed E-state index contributed by atoms with van der Waals surface area (Å²) in [6, 6.07) is 0. The summed E-state index contributed by atoms with van der Waals surface area (Å²) in [6.07, 6.45) is 3.87. The summed E-state index contributed by atoms with van der Waals surface area (Å²) in [4.78, 5) is 18.3. The van der Waals surface area contributed by atoms with Crippen LogP contribution in [0.25, 0.3) is 4.96 Å². The molecule has 0 aromatic carbocycles. The fourth-order valence-corrected chi connectivity index (χ4v) is 2.18. The molecule has 2 aromatic heterocycles. The number of hydrogen-bond acceptors (Lipinski definition) is 4. The largest absolute Gasteiger partial charge is 0.480 e. The third kappa shape index (κ3) is 2.18. The monoisotopic (exact) mass is 253 g/mol. The van der Waals surface area contributed by atoms with E-state index in [2.05, 4.69) is 4.98 Å². The van der Waals surface area contributed by atoms with Crippen LogP contribution in [-0.4, -0.2) is 37.9 Å². The van der Waals surface area contributed by atoms with E-state index in [1.54, 1.807) is 37.1 Å². The molecule has 6 heteroatoms. The van der Waals surface area contributed by atoms with Crippen molar-refractivity contribution in [3.63, 3.8) is 0 Å². The number of hydrogen-bond donors (Lipinski definition) is 1. The van der Waals surface area contributed by atoms with Gasteiger partial charge in [0, 0.05) is 24.3 Å². The van der Waals surface area contributed by atoms with Crippen LogP contribution in [0.3, 0.4) is 0 Å². The molecule has 2 rings (SSSR count). The minimum Gasteiger partial charge on any atom is -0.480 e. The quantitative estimate of drug-likeness (QED) is 0.901. The van der Waals surface area contributed by atoms with Crippen LogP contribution in [0.4, 0.5) is 0 Å². The first-order chi connectivity index (χ1) is 7.91. The normalized spacial score (nSPS) is 12.5. The van der Waals surface area contributed by atoms with Crippen molar-refractivity contribution in [3.8, 4) is 0 Å². The molecule has 0 spiro atoms. The number of nitrogens with zero attached hydrogens (tertiary/aromatic N) is 3. The number of imidazole rings is 1. The summed E-state index contributed by atoms with van der Waals surface area (Å²) in [6.45, 7) is 3.90. The fourth-order valence-electron chi connectivity index (χ4n) is 1.46. The van der Waals surface area contributed by atoms with Gasteiger partial charge in [0.15, 0.2) is 4.96 Å². The van der Waals surface area contributed by atoms with Crippen molar-refractivity contribution in [1.29, 1.82) is 0 Å². The molecule has 0 amide bonds. The summed E-state index contributed by atoms with van der Waals surface area (Å²) < 4.78 is 1.95. The van der Waals surface area contributed by atoms with E-state index in [4.69, 9.17) is 5.11 Å². The van der Waals surface area contributed by atoms with Crippen LogP contribution in [0.1, 0.15) is 19.5 Å². The second-order valence-corrected chi connectivity index (χ2v) is 5.42. The van der Waals surface area contributed by atoms with E-state index in [-0.39, 0.29) is 0 Å². The molecule has 5 nitrogen and oxygen atoms in total. The Balaban J connectivity index is 2.16. The van der Waals surface area contributed by atoms with Gasteiger partial charge in [0.1, 0.15) is 5.54 Å². The zero-order valence-electron chi connectivity index (χ0n) is 10.0. The third-order valence-electron chi connectivity index (χ3n) is 3.02. The molecule has 0 bridgehead atoms. The number of fused-ring (bicyclic) bond motifs is 1. The van der Waals surface area contributed by atoms with Crippen LogP contribution < -0.4 is 0 Å². The average Bonchev–Trinajstić information content (AvgIpc) is 2.77. The van der Waals surface area contributed by atoms with Crippen LogP contribution in [-0.2, 0) is 11.3 Å². The number of carbonyl (C=O) groups is 1. The predicted molar refractivity (Wildman–Crippen MR) is 66.3 cm³/mol. The van der Waals surface area contributed by atoms with Crippen molar-refractivity contribution < 1.29 is 9.90 Å². The highest BCUT2D eigenvalue weighted by atomic mass is 32.1. The molecule has 0 atom stereocenters. The average molecular weight is 253 g/mol. The second-order valence-electron chi connectivity index (χ2n) is 4.55. The molecule has 0 radical (unpaired) electrons. The van der Waals surface area contributed by atoms with Gasteiger partial charge in [0.25, 0.3) is 0 Å². The lowest BCUT2D eigenvalue weighted by Crippen LogP contribution is -2.47. The van der Waals surface area contributed by atoms with Crippen molar-refractivity contribution in [2.45, 2.75) is 25.9 Å². The Bertz CT molecular complexity index is 515. The Labute approximate surface area is 103 Å². The van der Waals surface area contributed by atoms with Crippen molar-refractivity contribution in [1.82, 2.24) is 14.3 Å². The van der Waals surface area contributed by atoms with Gasteiger partial charge in [-0.3, -0.25) is 14.1 Å². The SMILES string of the molecule is CN(Cc1cn2ccsc2n1)C(C)(C)C(=O)O. The number of aromatic nitrogens is 2. The van der Waals surface area contributed by atoms with Crippen LogP contribution >= 0.6 is 11.3 Å². The maximum Gasteiger partial charge on any atom is 0.323 e. The van der Waals surface area contributed by atoms with Crippen LogP contribution in [0.15, 0.2) is 17.8 Å². The van der Waals surface area contributed by atoms with E-state index in [0.29, 0.717) is 6.54 Å². The molecule has 0 aliphatic rings. The van der Waals surface area contributed by atoms with Gasteiger partial charge in [-0.25, -0.2) is 4.98 Å². The first-order valence-electron chi connectivity index (χ1n) is 5.27. The fraction of sp³-hybridized carbons (Fsp3) is 0.455. The molecule has 0 aliphatic heterocycles. The maximum atomic E-state index is 11.1. The van der Waals surface area contributed by atoms with Crippen LogP contribution in [0.5, 0.6) is 0 Å². The van der Waals surface area contributed by atoms with Gasteiger partial charge in [-0.05, 0) is 20.9 Å². The molecule has 2 aromatic rings. The van der Waals surface area contributed by atoms with Gasteiger partial charge in [-0.15, -0.1) is 11.3 Å². The number of carboxylic acid groups (broad SMARTS) is 1. The Morgan fingerprint density at radius 1 is 1.65 bits per heavy atom. The Kier molecular flexibility index (Phi) is 2.92. The highest BCUT2D eigenvalue weighted by Gasteiger charge is 2.32. The standard InChI is InChI=1S/C11H15N3O2S/c1-11(2,9(15)16)13(3)6-8-7-14-4-5-17-10(14)12-8/h4-5,7H,6H2,1-3H3,(H,15,16). The number of likely N-dealkylation sites (N-methyl/N-ethyl adjacent to an activating group) is 1. The summed E-state index contributed by atoms with van der Waals surface area (Å²) in [7, 11) is 1.79. The molecule has 0 unspecified atom stereocenters. The summed E-state index contributed by atoms with van der Waals surface area (Å²) in [5, 5.41) is 11.1. The van der Waals surface area contributed by atoms with Gasteiger partial charge >= 0.3 is 5.97 Å². The van der Waals surface area contributed by atoms with Crippen molar-refractivity contribution in [3.05, 3.63) is 23.5 Å². The van der Waals surface area contributed by atoms with E-state index >= 15 is 0 Å². The van der Waals surface area contributed by atoms with Crippen molar-refractivity contribution in [2.75, 3.05) is 7.05 Å². The summed E-state index contributed by atoms with van der Waals surface area (Å²) in [5.41, 5.74) is -0.00879. The molecular formula is C11H15N3O2S. The van der Waals surface area contributed by atoms with Crippen LogP contribution in [0, 0.1) is 0 Å². The topological polar surface area (TPSA) is 57.8 Å². The molecule has 1 N–H and O–H groups in total. The van der Waals surface area contributed by atoms with Gasteiger partial charge in [-0.2, -0.15) is 0 Å². The summed E-state index contributed by atoms with van der Waals surface area (Å²) in [5.74, 6) is -0.832. The second kappa shape index (κ2) is 4.12. The van der Waals surface area contributed by atoms with E-state index in [1.807, 2.05) is 22.2 Å². The minimum absolute atomic E-state index is 0.522. The molecule has 0 aliphatic carbocycles. The first kappa shape index (κ1) is 12.1. The molecular weight excluding hydrogens is 238 g/mol. The zero-order valence-corrected chi connectivity index (χ0v) is 10.9. The first-order valence-corrected chi connectivity index (χ1v) is 6.15. The molecule has 0 saturated heterocycles. The predicted octanol–water partition coefficient (Wildman–Crippen LogP) is 1.69. The van der Waals surface area contributed by atoms with E-state index in [9.17, 15) is 4.79 Å². The van der Waals surface area contributed by atoms with Crippen LogP contribution in [0.2, 0.25) is 0 Å². The highest BCUT2D eigenvalue weighted by molar-refractivity contribution is 7.15. The lowest BCUT2D eigenvalue weighted by molar-refractivity contribution is -0.148. The molecule has 92 valence electrons. The Morgan fingerprint density at radius 3 is 2.94 bits per heavy atom. The van der Waals surface area contributed by atoms with Crippen molar-refractivity contribution >= 4 is 22.3 Å².